The minimum Gasteiger partial charge on any atom is -0.374 e. The molecule has 202 valence electrons. The Balaban J connectivity index is 1.62. The average Bonchev–Trinajstić information content (AvgIpc) is 3.40. The first kappa shape index (κ1) is 27.4. The summed E-state index contributed by atoms with van der Waals surface area (Å²) in [6.07, 6.45) is -3.39. The summed E-state index contributed by atoms with van der Waals surface area (Å²) in [6, 6.07) is 2.34. The number of nitrogens with zero attached hydrogens (tertiary/aromatic N) is 3. The summed E-state index contributed by atoms with van der Waals surface area (Å²) in [7, 11) is 0. The Morgan fingerprint density at radius 1 is 1.24 bits per heavy atom. The molecule has 7 nitrogen and oxygen atoms in total. The molecule has 1 aliphatic heterocycles. The Morgan fingerprint density at radius 3 is 2.57 bits per heavy atom. The molecule has 1 saturated heterocycles. The Kier molecular flexibility index (Phi) is 7.85. The van der Waals surface area contributed by atoms with Crippen molar-refractivity contribution in [3.63, 3.8) is 0 Å². The van der Waals surface area contributed by atoms with Crippen LogP contribution in [0.2, 0.25) is 5.02 Å². The number of halogens is 5. The number of rotatable bonds is 8. The standard InChI is InChI=1S/C25H29ClF4N4O3/c1-13-8-17(27)9-18(23(13)26)24-20(37-12-14(2)31-15(3)35)6-7-33(24)22(36)11-34-21(25(28,29)30)10-19(32-34)16-4-5-16/h8-10,14,16,20,24H,4-7,11-12H2,1-3H3,(H,31,35)/t14-,20-,24-/m1/s1. The van der Waals surface area contributed by atoms with Gasteiger partial charge in [-0.1, -0.05) is 11.6 Å². The molecule has 37 heavy (non-hydrogen) atoms. The number of alkyl halides is 3. The van der Waals surface area contributed by atoms with Crippen LogP contribution in [0, 0.1) is 12.7 Å². The molecule has 1 saturated carbocycles. The summed E-state index contributed by atoms with van der Waals surface area (Å²) in [4.78, 5) is 26.2. The maximum absolute atomic E-state index is 14.4. The number of likely N-dealkylation sites (tertiary alicyclic amines) is 1. The van der Waals surface area contributed by atoms with E-state index in [0.29, 0.717) is 27.9 Å². The summed E-state index contributed by atoms with van der Waals surface area (Å²) in [5.41, 5.74) is 0.129. The van der Waals surface area contributed by atoms with Gasteiger partial charge in [-0.25, -0.2) is 4.39 Å². The van der Waals surface area contributed by atoms with Crippen molar-refractivity contribution in [2.24, 2.45) is 0 Å². The van der Waals surface area contributed by atoms with Crippen molar-refractivity contribution in [2.45, 2.75) is 76.9 Å². The van der Waals surface area contributed by atoms with Gasteiger partial charge >= 0.3 is 6.18 Å². The van der Waals surface area contributed by atoms with E-state index in [1.165, 1.54) is 24.0 Å². The van der Waals surface area contributed by atoms with Gasteiger partial charge in [-0.2, -0.15) is 18.3 Å². The number of hydrogen-bond acceptors (Lipinski definition) is 4. The number of nitrogens with one attached hydrogen (secondary N) is 1. The third-order valence-electron chi connectivity index (χ3n) is 6.61. The lowest BCUT2D eigenvalue weighted by Gasteiger charge is -2.30. The molecule has 0 radical (unpaired) electrons. The maximum Gasteiger partial charge on any atom is 0.433 e. The molecule has 1 N–H and O–H groups in total. The predicted molar refractivity (Wildman–Crippen MR) is 127 cm³/mol. The fourth-order valence-electron chi connectivity index (χ4n) is 4.79. The van der Waals surface area contributed by atoms with E-state index in [4.69, 9.17) is 16.3 Å². The number of aromatic nitrogens is 2. The van der Waals surface area contributed by atoms with Crippen LogP contribution in [0.15, 0.2) is 18.2 Å². The van der Waals surface area contributed by atoms with Gasteiger partial charge in [0.15, 0.2) is 0 Å². The minimum atomic E-state index is -4.67. The normalized spacial score (nSPS) is 20.8. The van der Waals surface area contributed by atoms with E-state index in [9.17, 15) is 27.2 Å². The van der Waals surface area contributed by atoms with Crippen molar-refractivity contribution >= 4 is 23.4 Å². The van der Waals surface area contributed by atoms with E-state index in [1.54, 1.807) is 13.8 Å². The average molecular weight is 545 g/mol. The summed E-state index contributed by atoms with van der Waals surface area (Å²) in [6.45, 7) is 4.43. The zero-order valence-electron chi connectivity index (χ0n) is 20.7. The minimum absolute atomic E-state index is 0.0190. The SMILES string of the molecule is CC(=O)N[C@H](C)CO[C@@H]1CCN(C(=O)Cn2nc(C3CC3)cc2C(F)(F)F)[C@@H]1c1cc(F)cc(C)c1Cl. The van der Waals surface area contributed by atoms with E-state index < -0.39 is 42.3 Å². The molecule has 2 aromatic rings. The molecule has 2 aliphatic rings. The summed E-state index contributed by atoms with van der Waals surface area (Å²) >= 11 is 6.52. The Hall–Kier alpha value is -2.66. The molecule has 2 heterocycles. The van der Waals surface area contributed by atoms with Gasteiger partial charge < -0.3 is 15.0 Å². The van der Waals surface area contributed by atoms with Crippen LogP contribution in [0.3, 0.4) is 0 Å². The second-order valence-electron chi connectivity index (χ2n) is 9.80. The van der Waals surface area contributed by atoms with Crippen LogP contribution in [0.4, 0.5) is 17.6 Å². The van der Waals surface area contributed by atoms with Crippen LogP contribution in [-0.4, -0.2) is 51.8 Å². The number of benzene rings is 1. The van der Waals surface area contributed by atoms with E-state index >= 15 is 0 Å². The fourth-order valence-corrected chi connectivity index (χ4v) is 5.01. The Labute approximate surface area is 217 Å². The van der Waals surface area contributed by atoms with Crippen molar-refractivity contribution < 1.29 is 31.9 Å². The molecule has 3 atom stereocenters. The molecule has 2 fully saturated rings. The molecule has 0 unspecified atom stereocenters. The van der Waals surface area contributed by atoms with Gasteiger partial charge in [0.2, 0.25) is 11.8 Å². The number of aryl methyl sites for hydroxylation is 1. The first-order valence-corrected chi connectivity index (χ1v) is 12.5. The lowest BCUT2D eigenvalue weighted by molar-refractivity contribution is -0.146. The van der Waals surface area contributed by atoms with Crippen molar-refractivity contribution in [1.29, 1.82) is 0 Å². The Bertz CT molecular complexity index is 1180. The van der Waals surface area contributed by atoms with Crippen molar-refractivity contribution in [3.8, 4) is 0 Å². The van der Waals surface area contributed by atoms with Gasteiger partial charge in [0.05, 0.1) is 24.4 Å². The fraction of sp³-hybridized carbons (Fsp3) is 0.560. The monoisotopic (exact) mass is 544 g/mol. The van der Waals surface area contributed by atoms with Crippen LogP contribution in [0.1, 0.15) is 67.6 Å². The van der Waals surface area contributed by atoms with E-state index in [0.717, 1.165) is 18.9 Å². The second-order valence-corrected chi connectivity index (χ2v) is 10.2. The second kappa shape index (κ2) is 10.6. The van der Waals surface area contributed by atoms with E-state index in [-0.39, 0.29) is 36.0 Å². The highest BCUT2D eigenvalue weighted by Gasteiger charge is 2.43. The molecule has 1 aromatic carbocycles. The topological polar surface area (TPSA) is 76.5 Å². The molecule has 1 aliphatic carbocycles. The number of carbonyl (C=O) groups excluding carboxylic acids is 2. The van der Waals surface area contributed by atoms with Gasteiger partial charge in [0.25, 0.3) is 0 Å². The van der Waals surface area contributed by atoms with Gasteiger partial charge in [-0.05, 0) is 62.4 Å². The third kappa shape index (κ3) is 6.26. The highest BCUT2D eigenvalue weighted by Crippen LogP contribution is 2.42. The molecular weight excluding hydrogens is 516 g/mol. The van der Waals surface area contributed by atoms with Crippen LogP contribution in [0.25, 0.3) is 0 Å². The van der Waals surface area contributed by atoms with Crippen molar-refractivity contribution in [3.05, 3.63) is 51.6 Å². The summed E-state index contributed by atoms with van der Waals surface area (Å²) < 4.78 is 62.2. The van der Waals surface area contributed by atoms with E-state index in [1.807, 2.05) is 0 Å². The molecule has 12 heteroatoms. The largest absolute Gasteiger partial charge is 0.433 e. The molecule has 2 amide bonds. The Morgan fingerprint density at radius 2 is 1.95 bits per heavy atom. The molecule has 1 aromatic heterocycles. The van der Waals surface area contributed by atoms with Crippen molar-refractivity contribution in [1.82, 2.24) is 20.0 Å². The number of amides is 2. The summed E-state index contributed by atoms with van der Waals surface area (Å²) in [5, 5.41) is 7.05. The van der Waals surface area contributed by atoms with Crippen LogP contribution in [-0.2, 0) is 27.0 Å². The highest BCUT2D eigenvalue weighted by molar-refractivity contribution is 6.32. The van der Waals surface area contributed by atoms with Crippen molar-refractivity contribution in [2.75, 3.05) is 13.2 Å². The zero-order valence-corrected chi connectivity index (χ0v) is 21.5. The zero-order chi connectivity index (χ0) is 27.1. The lowest BCUT2D eigenvalue weighted by Crippen LogP contribution is -2.39. The first-order chi connectivity index (χ1) is 17.3. The van der Waals surface area contributed by atoms with Crippen LogP contribution in [0.5, 0.6) is 0 Å². The van der Waals surface area contributed by atoms with Crippen LogP contribution >= 0.6 is 11.6 Å². The number of hydrogen-bond donors (Lipinski definition) is 1. The number of ether oxygens (including phenoxy) is 1. The quantitative estimate of drug-likeness (QED) is 0.486. The number of carbonyl (C=O) groups is 2. The smallest absolute Gasteiger partial charge is 0.374 e. The van der Waals surface area contributed by atoms with E-state index in [2.05, 4.69) is 10.4 Å². The summed E-state index contributed by atoms with van der Waals surface area (Å²) in [5.74, 6) is -1.42. The molecule has 0 bridgehead atoms. The predicted octanol–water partition coefficient (Wildman–Crippen LogP) is 4.76. The lowest BCUT2D eigenvalue weighted by atomic mass is 9.99. The molecular formula is C25H29ClF4N4O3. The third-order valence-corrected chi connectivity index (χ3v) is 7.13. The van der Waals surface area contributed by atoms with Gasteiger partial charge in [-0.15, -0.1) is 0 Å². The molecule has 0 spiro atoms. The highest BCUT2D eigenvalue weighted by atomic mass is 35.5. The molecule has 4 rings (SSSR count). The van der Waals surface area contributed by atoms with Gasteiger partial charge in [0.1, 0.15) is 18.1 Å². The van der Waals surface area contributed by atoms with Crippen LogP contribution < -0.4 is 5.32 Å². The first-order valence-electron chi connectivity index (χ1n) is 12.1. The maximum atomic E-state index is 14.4. The van der Waals surface area contributed by atoms with Gasteiger partial charge in [0, 0.05) is 30.5 Å². The van der Waals surface area contributed by atoms with Gasteiger partial charge in [-0.3, -0.25) is 14.3 Å².